The van der Waals surface area contributed by atoms with E-state index in [-0.39, 0.29) is 24.3 Å². The molecular weight excluding hydrogens is 347 g/mol. The molecule has 0 amide bonds. The van der Waals surface area contributed by atoms with Gasteiger partial charge in [0, 0.05) is 0 Å². The molecule has 96 valence electrons. The van der Waals surface area contributed by atoms with E-state index in [4.69, 9.17) is 14.2 Å². The number of benzene rings is 1. The van der Waals surface area contributed by atoms with Crippen molar-refractivity contribution < 1.29 is 19.0 Å². The van der Waals surface area contributed by atoms with Crippen LogP contribution in [0.25, 0.3) is 0 Å². The Bertz CT molecular complexity index is 436. The number of carbonyl (C=O) groups is 1. The van der Waals surface area contributed by atoms with Gasteiger partial charge in [0.05, 0.1) is 22.7 Å². The molecule has 0 bridgehead atoms. The Morgan fingerprint density at radius 2 is 1.89 bits per heavy atom. The molecule has 0 N–H and O–H groups in total. The maximum absolute atomic E-state index is 11.9. The average molecular weight is 360 g/mol. The van der Waals surface area contributed by atoms with E-state index in [1.54, 1.807) is 12.1 Å². The summed E-state index contributed by atoms with van der Waals surface area (Å²) in [5, 5.41) is 0. The van der Waals surface area contributed by atoms with E-state index in [1.165, 1.54) is 0 Å². The van der Waals surface area contributed by atoms with Crippen LogP contribution < -0.4 is 0 Å². The van der Waals surface area contributed by atoms with Gasteiger partial charge in [0.2, 0.25) is 0 Å². The lowest BCUT2D eigenvalue weighted by Gasteiger charge is -2.16. The van der Waals surface area contributed by atoms with Crippen LogP contribution in [-0.4, -0.2) is 41.4 Å². The molecule has 0 aromatic heterocycles. The number of hydrogen-bond acceptors (Lipinski definition) is 4. The molecule has 0 unspecified atom stereocenters. The lowest BCUT2D eigenvalue weighted by molar-refractivity contribution is -0.0146. The summed E-state index contributed by atoms with van der Waals surface area (Å²) in [4.78, 5) is 11.9. The summed E-state index contributed by atoms with van der Waals surface area (Å²) in [6.07, 6.45) is -0.346. The molecule has 1 aromatic rings. The lowest BCUT2D eigenvalue weighted by atomic mass is 10.1. The minimum atomic E-state index is -0.314. The minimum Gasteiger partial charge on any atom is -0.453 e. The van der Waals surface area contributed by atoms with Gasteiger partial charge in [-0.05, 0) is 12.1 Å². The van der Waals surface area contributed by atoms with Crippen LogP contribution in [0.2, 0.25) is 0 Å². The van der Waals surface area contributed by atoms with Crippen molar-refractivity contribution in [1.82, 2.24) is 0 Å². The summed E-state index contributed by atoms with van der Waals surface area (Å²) in [7, 11) is 0. The van der Waals surface area contributed by atoms with Gasteiger partial charge in [0.1, 0.15) is 12.2 Å². The highest BCUT2D eigenvalue weighted by molar-refractivity contribution is 14.1. The molecule has 0 aliphatic carbocycles. The van der Waals surface area contributed by atoms with Gasteiger partial charge in [-0.3, -0.25) is 0 Å². The Balaban J connectivity index is 1.66. The Morgan fingerprint density at radius 3 is 2.67 bits per heavy atom. The first-order chi connectivity index (χ1) is 8.75. The fraction of sp³-hybridized carbons (Fsp3) is 0.462. The van der Waals surface area contributed by atoms with Crippen LogP contribution in [0.3, 0.4) is 0 Å². The molecule has 2 aliphatic rings. The van der Waals surface area contributed by atoms with E-state index < -0.39 is 0 Å². The molecule has 4 nitrogen and oxygen atoms in total. The van der Waals surface area contributed by atoms with Crippen LogP contribution in [0.15, 0.2) is 30.3 Å². The van der Waals surface area contributed by atoms with Crippen LogP contribution in [0.4, 0.5) is 0 Å². The van der Waals surface area contributed by atoms with Gasteiger partial charge in [0.15, 0.2) is 6.10 Å². The number of fused-ring (bicyclic) bond motifs is 1. The fourth-order valence-corrected chi connectivity index (χ4v) is 3.12. The molecule has 18 heavy (non-hydrogen) atoms. The van der Waals surface area contributed by atoms with E-state index in [9.17, 15) is 4.79 Å². The molecule has 0 radical (unpaired) electrons. The van der Waals surface area contributed by atoms with E-state index in [0.717, 1.165) is 0 Å². The molecule has 2 heterocycles. The van der Waals surface area contributed by atoms with Crippen molar-refractivity contribution in [1.29, 1.82) is 0 Å². The van der Waals surface area contributed by atoms with Crippen LogP contribution >= 0.6 is 22.6 Å². The monoisotopic (exact) mass is 360 g/mol. The normalized spacial score (nSPS) is 34.3. The zero-order chi connectivity index (χ0) is 12.5. The Labute approximate surface area is 119 Å². The molecule has 1 aromatic carbocycles. The number of esters is 1. The Morgan fingerprint density at radius 1 is 1.17 bits per heavy atom. The molecular formula is C13H13IO4. The maximum Gasteiger partial charge on any atom is 0.338 e. The minimum absolute atomic E-state index is 0.0548. The van der Waals surface area contributed by atoms with Crippen LogP contribution in [0.1, 0.15) is 10.4 Å². The third kappa shape index (κ3) is 2.26. The number of rotatable bonds is 2. The first-order valence-corrected chi connectivity index (χ1v) is 7.13. The highest BCUT2D eigenvalue weighted by Crippen LogP contribution is 2.33. The fourth-order valence-electron chi connectivity index (χ4n) is 2.30. The SMILES string of the molecule is O=C(O[C@H]1CO[C@H]2[C@@H]1OC[C@@H]2I)c1ccccc1. The van der Waals surface area contributed by atoms with Crippen LogP contribution in [0.5, 0.6) is 0 Å². The smallest absolute Gasteiger partial charge is 0.338 e. The van der Waals surface area contributed by atoms with E-state index in [0.29, 0.717) is 22.7 Å². The van der Waals surface area contributed by atoms with Gasteiger partial charge in [-0.2, -0.15) is 0 Å². The number of hydrogen-bond donors (Lipinski definition) is 0. The van der Waals surface area contributed by atoms with Crippen LogP contribution in [-0.2, 0) is 14.2 Å². The molecule has 5 heteroatoms. The van der Waals surface area contributed by atoms with Gasteiger partial charge >= 0.3 is 5.97 Å². The van der Waals surface area contributed by atoms with E-state index in [1.807, 2.05) is 18.2 Å². The molecule has 2 fully saturated rings. The number of alkyl halides is 1. The highest BCUT2D eigenvalue weighted by Gasteiger charge is 2.48. The standard InChI is InChI=1S/C13H13IO4/c14-9-6-16-12-10(7-17-11(9)12)18-13(15)8-4-2-1-3-5-8/h1-5,9-12H,6-7H2/t9-,10-,11+,12+/m0/s1. The Hall–Kier alpha value is -0.660. The topological polar surface area (TPSA) is 44.8 Å². The summed E-state index contributed by atoms with van der Waals surface area (Å²) in [6, 6.07) is 8.99. The van der Waals surface area contributed by atoms with E-state index >= 15 is 0 Å². The summed E-state index contributed by atoms with van der Waals surface area (Å²) in [5.41, 5.74) is 0.560. The van der Waals surface area contributed by atoms with Gasteiger partial charge in [-0.25, -0.2) is 4.79 Å². The maximum atomic E-state index is 11.9. The average Bonchev–Trinajstić information content (AvgIpc) is 2.95. The quantitative estimate of drug-likeness (QED) is 0.459. The van der Waals surface area contributed by atoms with Crippen molar-refractivity contribution in [3.8, 4) is 0 Å². The van der Waals surface area contributed by atoms with Crippen molar-refractivity contribution in [3.05, 3.63) is 35.9 Å². The predicted octanol–water partition coefficient (Wildman–Crippen LogP) is 1.81. The molecule has 2 aliphatic heterocycles. The van der Waals surface area contributed by atoms with Gasteiger partial charge in [-0.15, -0.1) is 0 Å². The van der Waals surface area contributed by atoms with Crippen molar-refractivity contribution in [2.24, 2.45) is 0 Å². The second-order valence-corrected chi connectivity index (χ2v) is 6.02. The second kappa shape index (κ2) is 5.14. The lowest BCUT2D eigenvalue weighted by Crippen LogP contribution is -2.33. The predicted molar refractivity (Wildman–Crippen MR) is 72.9 cm³/mol. The van der Waals surface area contributed by atoms with Crippen LogP contribution in [0, 0.1) is 0 Å². The second-order valence-electron chi connectivity index (χ2n) is 4.42. The van der Waals surface area contributed by atoms with Gasteiger partial charge in [-0.1, -0.05) is 40.8 Å². The number of halogens is 1. The summed E-state index contributed by atoms with van der Waals surface area (Å²) >= 11 is 2.31. The summed E-state index contributed by atoms with van der Waals surface area (Å²) in [5.74, 6) is -0.314. The van der Waals surface area contributed by atoms with Crippen molar-refractivity contribution in [2.45, 2.75) is 22.2 Å². The van der Waals surface area contributed by atoms with E-state index in [2.05, 4.69) is 22.6 Å². The zero-order valence-electron chi connectivity index (χ0n) is 9.62. The molecule has 0 spiro atoms. The van der Waals surface area contributed by atoms with Crippen molar-refractivity contribution >= 4 is 28.6 Å². The number of ether oxygens (including phenoxy) is 3. The third-order valence-corrected chi connectivity index (χ3v) is 4.28. The summed E-state index contributed by atoms with van der Waals surface area (Å²) < 4.78 is 17.1. The van der Waals surface area contributed by atoms with Crippen molar-refractivity contribution in [2.75, 3.05) is 13.2 Å². The zero-order valence-corrected chi connectivity index (χ0v) is 11.8. The first kappa shape index (κ1) is 12.4. The molecule has 0 saturated carbocycles. The largest absolute Gasteiger partial charge is 0.453 e. The third-order valence-electron chi connectivity index (χ3n) is 3.22. The Kier molecular flexibility index (Phi) is 3.54. The first-order valence-electron chi connectivity index (χ1n) is 5.89. The molecule has 3 rings (SSSR count). The number of carbonyl (C=O) groups excluding carboxylic acids is 1. The van der Waals surface area contributed by atoms with Gasteiger partial charge in [0.25, 0.3) is 0 Å². The van der Waals surface area contributed by atoms with Crippen molar-refractivity contribution in [3.63, 3.8) is 0 Å². The molecule has 4 atom stereocenters. The molecule has 2 saturated heterocycles. The summed E-state index contributed by atoms with van der Waals surface area (Å²) in [6.45, 7) is 1.09. The highest BCUT2D eigenvalue weighted by atomic mass is 127. The van der Waals surface area contributed by atoms with Gasteiger partial charge < -0.3 is 14.2 Å².